The van der Waals surface area contributed by atoms with Gasteiger partial charge in [-0.05, 0) is 73.2 Å². The van der Waals surface area contributed by atoms with Crippen LogP contribution in [0.1, 0.15) is 61.0 Å². The van der Waals surface area contributed by atoms with Gasteiger partial charge in [0, 0.05) is 48.5 Å². The van der Waals surface area contributed by atoms with Gasteiger partial charge in [-0.3, -0.25) is 19.1 Å². The molecule has 0 spiro atoms. The van der Waals surface area contributed by atoms with Crippen LogP contribution < -0.4 is 27.4 Å². The third-order valence-corrected chi connectivity index (χ3v) is 9.48. The number of amides is 3. The number of anilines is 2. The van der Waals surface area contributed by atoms with Crippen LogP contribution >= 0.6 is 0 Å². The van der Waals surface area contributed by atoms with Crippen molar-refractivity contribution in [2.45, 2.75) is 69.7 Å². The molecule has 3 aromatic rings. The topological polar surface area (TPSA) is 178 Å². The van der Waals surface area contributed by atoms with E-state index in [1.807, 2.05) is 6.07 Å². The Morgan fingerprint density at radius 1 is 1.07 bits per heavy atom. The number of alkyl halides is 1. The van der Waals surface area contributed by atoms with Gasteiger partial charge >= 0.3 is 0 Å². The number of hydrogen-bond donors (Lipinski definition) is 4. The van der Waals surface area contributed by atoms with E-state index in [9.17, 15) is 18.8 Å². The second-order valence-electron chi connectivity index (χ2n) is 12.3. The molecule has 2 aromatic heterocycles. The predicted molar refractivity (Wildman–Crippen MR) is 174 cm³/mol. The fraction of sp³-hybridized carbons (Fsp3) is 0.424. The summed E-state index contributed by atoms with van der Waals surface area (Å²) in [5, 5.41) is 7.63. The lowest BCUT2D eigenvalue weighted by Crippen LogP contribution is -2.47. The number of rotatable bonds is 8. The van der Waals surface area contributed by atoms with E-state index >= 15 is 0 Å². The van der Waals surface area contributed by atoms with Gasteiger partial charge in [-0.2, -0.15) is 5.10 Å². The zero-order valence-electron chi connectivity index (χ0n) is 25.6. The van der Waals surface area contributed by atoms with Crippen LogP contribution in [0.5, 0.6) is 0 Å². The van der Waals surface area contributed by atoms with E-state index in [0.717, 1.165) is 25.2 Å². The summed E-state index contributed by atoms with van der Waals surface area (Å²) >= 11 is 0. The summed E-state index contributed by atoms with van der Waals surface area (Å²) < 4.78 is 16.1. The number of primary amides is 1. The minimum Gasteiger partial charge on any atom is -0.405 e. The second-order valence-corrected chi connectivity index (χ2v) is 12.3. The zero-order chi connectivity index (χ0) is 32.4. The van der Waals surface area contributed by atoms with E-state index in [1.165, 1.54) is 47.7 Å². The molecule has 1 aromatic carbocycles. The lowest BCUT2D eigenvalue weighted by atomic mass is 9.78. The van der Waals surface area contributed by atoms with Crippen molar-refractivity contribution in [3.63, 3.8) is 0 Å². The van der Waals surface area contributed by atoms with Crippen LogP contribution in [0.4, 0.5) is 15.9 Å². The van der Waals surface area contributed by atoms with Gasteiger partial charge in [0.05, 0.1) is 12.1 Å². The number of pyridine rings is 1. The highest BCUT2D eigenvalue weighted by molar-refractivity contribution is 6.05. The fourth-order valence-electron chi connectivity index (χ4n) is 7.33. The van der Waals surface area contributed by atoms with Crippen LogP contribution in [0.3, 0.4) is 0 Å². The molecule has 4 unspecified atom stereocenters. The van der Waals surface area contributed by atoms with Crippen molar-refractivity contribution in [3.05, 3.63) is 66.3 Å². The number of piperidine rings is 1. The molecule has 2 aliphatic heterocycles. The van der Waals surface area contributed by atoms with Gasteiger partial charge in [-0.25, -0.2) is 9.37 Å². The van der Waals surface area contributed by atoms with E-state index < -0.39 is 29.9 Å². The molecule has 7 N–H and O–H groups in total. The Bertz CT molecular complexity index is 1700. The van der Waals surface area contributed by atoms with Crippen LogP contribution in [-0.4, -0.2) is 68.7 Å². The molecule has 0 radical (unpaired) electrons. The van der Waals surface area contributed by atoms with Crippen molar-refractivity contribution < 1.29 is 18.8 Å². The highest BCUT2D eigenvalue weighted by Gasteiger charge is 2.40. The first-order valence-corrected chi connectivity index (χ1v) is 15.9. The Labute approximate surface area is 266 Å². The molecule has 3 aliphatic rings. The average Bonchev–Trinajstić information content (AvgIpc) is 3.64. The quantitative estimate of drug-likeness (QED) is 0.275. The van der Waals surface area contributed by atoms with Crippen molar-refractivity contribution in [3.8, 4) is 0 Å². The number of benzene rings is 1. The Morgan fingerprint density at radius 3 is 2.65 bits per heavy atom. The number of likely N-dealkylation sites (tertiary alicyclic amines) is 1. The van der Waals surface area contributed by atoms with Gasteiger partial charge in [-0.15, -0.1) is 0 Å². The molecule has 2 saturated heterocycles. The van der Waals surface area contributed by atoms with E-state index in [-0.39, 0.29) is 25.2 Å². The normalized spacial score (nSPS) is 23.5. The molecule has 1 aliphatic carbocycles. The third-order valence-electron chi connectivity index (χ3n) is 9.48. The Hall–Kier alpha value is -4.94. The van der Waals surface area contributed by atoms with E-state index in [4.69, 9.17) is 17.2 Å². The van der Waals surface area contributed by atoms with Crippen LogP contribution in [0, 0.1) is 5.92 Å². The van der Waals surface area contributed by atoms with Gasteiger partial charge in [0.15, 0.2) is 5.69 Å². The van der Waals surface area contributed by atoms with Gasteiger partial charge in [-0.1, -0.05) is 18.9 Å². The largest absolute Gasteiger partial charge is 0.405 e. The number of aromatic nitrogens is 3. The summed E-state index contributed by atoms with van der Waals surface area (Å²) in [7, 11) is 0. The number of carbonyl (C=O) groups excluding carboxylic acids is 3. The Kier molecular flexibility index (Phi) is 8.91. The smallest absolute Gasteiger partial charge is 0.269 e. The maximum absolute atomic E-state index is 14.8. The number of nitrogens with two attached hydrogens (primary N) is 3. The summed E-state index contributed by atoms with van der Waals surface area (Å²) in [6.07, 6.45) is 11.7. The van der Waals surface area contributed by atoms with Crippen molar-refractivity contribution in [1.82, 2.24) is 19.7 Å². The number of carbonyl (C=O) groups is 3. The standard InChI is InChI=1S/C33H40FN9O3/c34-23-15-28(33(46)39-24-10-12-38-29(16-24)41-13-3-5-20-4-1-2-6-26(20)41)42(18-23)30(44)19-43-27-8-7-21(22(17-36)9-11-35)14-25(27)31(40-43)32(37)45/h7-12,14,16-17,20,23,26,28H,1-6,13,15,18-19,35-36H2,(H2,37,45)(H,38,39,46)/b11-9-,22-17+. The molecule has 46 heavy (non-hydrogen) atoms. The van der Waals surface area contributed by atoms with Crippen LogP contribution in [0.15, 0.2) is 55.0 Å². The second kappa shape index (κ2) is 13.2. The van der Waals surface area contributed by atoms with Crippen molar-refractivity contribution in [2.75, 3.05) is 23.3 Å². The summed E-state index contributed by atoms with van der Waals surface area (Å²) in [5.41, 5.74) is 19.1. The molecule has 3 fully saturated rings. The maximum atomic E-state index is 14.8. The lowest BCUT2D eigenvalue weighted by molar-refractivity contribution is -0.137. The molecule has 4 heterocycles. The molecular formula is C33H40FN9O3. The van der Waals surface area contributed by atoms with Crippen LogP contribution in [-0.2, 0) is 16.1 Å². The summed E-state index contributed by atoms with van der Waals surface area (Å²) in [4.78, 5) is 47.6. The van der Waals surface area contributed by atoms with Gasteiger partial charge in [0.25, 0.3) is 5.91 Å². The number of nitrogens with one attached hydrogen (secondary N) is 1. The van der Waals surface area contributed by atoms with Gasteiger partial charge in [0.1, 0.15) is 24.6 Å². The first-order valence-electron chi connectivity index (χ1n) is 15.9. The van der Waals surface area contributed by atoms with Crippen LogP contribution in [0.25, 0.3) is 16.5 Å². The number of fused-ring (bicyclic) bond motifs is 2. The number of allylic oxidation sites excluding steroid dienone is 2. The molecule has 13 heteroatoms. The highest BCUT2D eigenvalue weighted by atomic mass is 19.1. The monoisotopic (exact) mass is 629 g/mol. The SMILES string of the molecule is N/C=C\C(=C/N)c1ccc2c(c1)c(C(N)=O)nn2CC(=O)N1CC(F)CC1C(=O)Nc1ccnc(N2CCCC3CCCCC32)c1. The van der Waals surface area contributed by atoms with Gasteiger partial charge in [0.2, 0.25) is 11.8 Å². The Balaban J connectivity index is 1.19. The Morgan fingerprint density at radius 2 is 1.87 bits per heavy atom. The molecule has 12 nitrogen and oxygen atoms in total. The third kappa shape index (κ3) is 6.13. The minimum atomic E-state index is -1.36. The summed E-state index contributed by atoms with van der Waals surface area (Å²) in [5.74, 6) is -0.261. The molecule has 3 amide bonds. The average molecular weight is 630 g/mol. The number of halogens is 1. The van der Waals surface area contributed by atoms with Gasteiger partial charge < -0.3 is 32.3 Å². The summed E-state index contributed by atoms with van der Waals surface area (Å²) in [6.45, 7) is 0.382. The molecule has 1 saturated carbocycles. The first-order chi connectivity index (χ1) is 22.3. The van der Waals surface area contributed by atoms with E-state index in [2.05, 4.69) is 20.3 Å². The number of nitrogens with zero attached hydrogens (tertiary/aromatic N) is 5. The van der Waals surface area contributed by atoms with Crippen molar-refractivity contribution >= 4 is 45.7 Å². The minimum absolute atomic E-state index is 0.0291. The zero-order valence-corrected chi connectivity index (χ0v) is 25.6. The van der Waals surface area contributed by atoms with E-state index in [1.54, 1.807) is 36.5 Å². The first kappa shape index (κ1) is 31.1. The van der Waals surface area contributed by atoms with Crippen LogP contribution in [0.2, 0.25) is 0 Å². The van der Waals surface area contributed by atoms with Crippen molar-refractivity contribution in [2.24, 2.45) is 23.1 Å². The molecule has 6 rings (SSSR count). The lowest BCUT2D eigenvalue weighted by Gasteiger charge is -2.44. The number of hydrogen-bond acceptors (Lipinski definition) is 8. The fourth-order valence-corrected chi connectivity index (χ4v) is 7.33. The molecular weight excluding hydrogens is 589 g/mol. The van der Waals surface area contributed by atoms with E-state index in [0.29, 0.717) is 39.7 Å². The highest BCUT2D eigenvalue weighted by Crippen LogP contribution is 2.37. The molecule has 4 atom stereocenters. The maximum Gasteiger partial charge on any atom is 0.269 e. The molecule has 0 bridgehead atoms. The van der Waals surface area contributed by atoms with Crippen molar-refractivity contribution in [1.29, 1.82) is 0 Å². The summed E-state index contributed by atoms with van der Waals surface area (Å²) in [6, 6.07) is 8.15. The predicted octanol–water partition coefficient (Wildman–Crippen LogP) is 3.04. The molecule has 242 valence electrons.